The summed E-state index contributed by atoms with van der Waals surface area (Å²) in [5.74, 6) is -1.86. The van der Waals surface area contributed by atoms with Gasteiger partial charge in [0, 0.05) is 12.5 Å². The normalized spacial score (nSPS) is 10.1. The lowest BCUT2D eigenvalue weighted by molar-refractivity contribution is 0.0988. The molecule has 1 aromatic carbocycles. The number of hydrogen-bond donors (Lipinski definition) is 0. The molecule has 0 aliphatic carbocycles. The van der Waals surface area contributed by atoms with Gasteiger partial charge in [0.2, 0.25) is 0 Å². The summed E-state index contributed by atoms with van der Waals surface area (Å²) in [6.45, 7) is 5.54. The monoisotopic (exact) mass is 210 g/mol. The molecule has 0 fully saturated rings. The Morgan fingerprint density at radius 1 is 1.40 bits per heavy atom. The Morgan fingerprint density at radius 3 is 2.60 bits per heavy atom. The van der Waals surface area contributed by atoms with Crippen molar-refractivity contribution < 1.29 is 13.6 Å². The Balaban J connectivity index is 2.87. The van der Waals surface area contributed by atoms with Crippen molar-refractivity contribution >= 4 is 5.78 Å². The minimum absolute atomic E-state index is 0.0778. The van der Waals surface area contributed by atoms with Crippen LogP contribution in [0.5, 0.6) is 0 Å². The fourth-order valence-corrected chi connectivity index (χ4v) is 1.16. The van der Waals surface area contributed by atoms with Gasteiger partial charge in [0.15, 0.2) is 5.78 Å². The highest BCUT2D eigenvalue weighted by Crippen LogP contribution is 2.15. The van der Waals surface area contributed by atoms with E-state index >= 15 is 0 Å². The number of halogens is 2. The molecule has 0 N–H and O–H groups in total. The number of Topliss-reactive ketones (excluding diaryl/α,β-unsaturated/α-hetero) is 1. The average molecular weight is 210 g/mol. The molecule has 1 aromatic rings. The summed E-state index contributed by atoms with van der Waals surface area (Å²) in [6.07, 6.45) is 0.785. The molecule has 15 heavy (non-hydrogen) atoms. The molecule has 0 aliphatic rings. The van der Waals surface area contributed by atoms with Crippen LogP contribution >= 0.6 is 0 Å². The number of allylic oxidation sites excluding steroid dienone is 1. The summed E-state index contributed by atoms with van der Waals surface area (Å²) >= 11 is 0. The molecule has 0 amide bonds. The van der Waals surface area contributed by atoms with Crippen LogP contribution in [0.25, 0.3) is 0 Å². The van der Waals surface area contributed by atoms with E-state index in [9.17, 15) is 13.6 Å². The fourth-order valence-electron chi connectivity index (χ4n) is 1.16. The van der Waals surface area contributed by atoms with Gasteiger partial charge in [-0.05, 0) is 18.6 Å². The molecule has 0 radical (unpaired) electrons. The Labute approximate surface area is 87.4 Å². The van der Waals surface area contributed by atoms with Crippen LogP contribution in [0.1, 0.15) is 30.1 Å². The van der Waals surface area contributed by atoms with Crippen LogP contribution in [-0.2, 0) is 0 Å². The lowest BCUT2D eigenvalue weighted by atomic mass is 10.0. The van der Waals surface area contributed by atoms with Gasteiger partial charge < -0.3 is 0 Å². The third-order valence-corrected chi connectivity index (χ3v) is 2.14. The first-order chi connectivity index (χ1) is 7.04. The Bertz CT molecular complexity index is 397. The average Bonchev–Trinajstić information content (AvgIpc) is 2.17. The van der Waals surface area contributed by atoms with E-state index in [0.717, 1.165) is 17.7 Å². The summed E-state index contributed by atoms with van der Waals surface area (Å²) in [4.78, 5) is 11.5. The number of ketones is 1. The van der Waals surface area contributed by atoms with Crippen LogP contribution in [0.15, 0.2) is 30.4 Å². The molecule has 1 rings (SSSR count). The third kappa shape index (κ3) is 2.98. The van der Waals surface area contributed by atoms with E-state index in [2.05, 4.69) is 6.58 Å². The minimum atomic E-state index is -0.816. The number of carbonyl (C=O) groups excluding carboxylic acids is 1. The van der Waals surface area contributed by atoms with E-state index in [0.29, 0.717) is 12.5 Å². The smallest absolute Gasteiger partial charge is 0.169 e. The lowest BCUT2D eigenvalue weighted by Crippen LogP contribution is -2.03. The van der Waals surface area contributed by atoms with Gasteiger partial charge in [-0.1, -0.05) is 19.1 Å². The molecule has 0 heterocycles. The topological polar surface area (TPSA) is 17.1 Å². The second kappa shape index (κ2) is 4.82. The fraction of sp³-hybridized carbons (Fsp3) is 0.250. The zero-order valence-corrected chi connectivity index (χ0v) is 8.52. The Kier molecular flexibility index (Phi) is 3.72. The number of hydrogen-bond acceptors (Lipinski definition) is 1. The highest BCUT2D eigenvalue weighted by Gasteiger charge is 2.12. The van der Waals surface area contributed by atoms with Crippen LogP contribution in [0, 0.1) is 11.6 Å². The maximum Gasteiger partial charge on any atom is 0.169 e. The van der Waals surface area contributed by atoms with E-state index in [1.807, 2.05) is 6.92 Å². The predicted molar refractivity (Wildman–Crippen MR) is 54.7 cm³/mol. The summed E-state index contributed by atoms with van der Waals surface area (Å²) in [7, 11) is 0. The lowest BCUT2D eigenvalue weighted by Gasteiger charge is -2.03. The molecule has 0 saturated heterocycles. The molecule has 0 bridgehead atoms. The standard InChI is InChI=1S/C12H12F2O/c1-3-8(2)6-12(15)10-5-4-9(13)7-11(10)14/h4-5,7H,2-3,6H2,1H3. The number of rotatable bonds is 4. The molecular formula is C12H12F2O. The Morgan fingerprint density at radius 2 is 2.07 bits per heavy atom. The van der Waals surface area contributed by atoms with Crippen LogP contribution in [0.3, 0.4) is 0 Å². The van der Waals surface area contributed by atoms with Gasteiger partial charge in [-0.25, -0.2) is 8.78 Å². The maximum atomic E-state index is 13.2. The van der Waals surface area contributed by atoms with Crippen LogP contribution in [-0.4, -0.2) is 5.78 Å². The highest BCUT2D eigenvalue weighted by molar-refractivity contribution is 5.97. The molecule has 1 nitrogen and oxygen atoms in total. The molecule has 0 atom stereocenters. The molecule has 0 aliphatic heterocycles. The third-order valence-electron chi connectivity index (χ3n) is 2.14. The summed E-state index contributed by atoms with van der Waals surface area (Å²) in [5, 5.41) is 0. The van der Waals surface area contributed by atoms with Crippen molar-refractivity contribution in [1.29, 1.82) is 0 Å². The van der Waals surface area contributed by atoms with Crippen LogP contribution < -0.4 is 0 Å². The minimum Gasteiger partial charge on any atom is -0.294 e. The summed E-state index contributed by atoms with van der Waals surface area (Å²) < 4.78 is 25.7. The summed E-state index contributed by atoms with van der Waals surface area (Å²) in [5.41, 5.74) is 0.662. The predicted octanol–water partition coefficient (Wildman–Crippen LogP) is 3.50. The van der Waals surface area contributed by atoms with Crippen molar-refractivity contribution in [1.82, 2.24) is 0 Å². The van der Waals surface area contributed by atoms with E-state index in [1.165, 1.54) is 0 Å². The van der Waals surface area contributed by atoms with Crippen molar-refractivity contribution in [3.05, 3.63) is 47.5 Å². The number of benzene rings is 1. The van der Waals surface area contributed by atoms with E-state index in [-0.39, 0.29) is 17.8 Å². The van der Waals surface area contributed by atoms with Crippen molar-refractivity contribution in [2.75, 3.05) is 0 Å². The second-order valence-corrected chi connectivity index (χ2v) is 3.33. The van der Waals surface area contributed by atoms with Crippen molar-refractivity contribution in [2.45, 2.75) is 19.8 Å². The van der Waals surface area contributed by atoms with Gasteiger partial charge in [0.05, 0.1) is 5.56 Å². The van der Waals surface area contributed by atoms with Crippen LogP contribution in [0.4, 0.5) is 8.78 Å². The summed E-state index contributed by atoms with van der Waals surface area (Å²) in [6, 6.07) is 2.95. The van der Waals surface area contributed by atoms with Crippen molar-refractivity contribution in [3.8, 4) is 0 Å². The molecular weight excluding hydrogens is 198 g/mol. The second-order valence-electron chi connectivity index (χ2n) is 3.33. The first kappa shape index (κ1) is 11.6. The Hall–Kier alpha value is -1.51. The van der Waals surface area contributed by atoms with Crippen LogP contribution in [0.2, 0.25) is 0 Å². The van der Waals surface area contributed by atoms with E-state index in [4.69, 9.17) is 0 Å². The van der Waals surface area contributed by atoms with E-state index < -0.39 is 11.6 Å². The molecule has 3 heteroatoms. The molecule has 0 unspecified atom stereocenters. The SMILES string of the molecule is C=C(CC)CC(=O)c1ccc(F)cc1F. The maximum absolute atomic E-state index is 13.2. The molecule has 80 valence electrons. The van der Waals surface area contributed by atoms with Gasteiger partial charge in [-0.2, -0.15) is 0 Å². The van der Waals surface area contributed by atoms with Crippen molar-refractivity contribution in [3.63, 3.8) is 0 Å². The number of carbonyl (C=O) groups is 1. The zero-order valence-electron chi connectivity index (χ0n) is 8.52. The highest BCUT2D eigenvalue weighted by atomic mass is 19.1. The molecule has 0 spiro atoms. The van der Waals surface area contributed by atoms with Gasteiger partial charge in [0.1, 0.15) is 11.6 Å². The zero-order chi connectivity index (χ0) is 11.4. The van der Waals surface area contributed by atoms with Gasteiger partial charge in [-0.3, -0.25) is 4.79 Å². The molecule has 0 saturated carbocycles. The molecule has 0 aromatic heterocycles. The first-order valence-electron chi connectivity index (χ1n) is 4.69. The van der Waals surface area contributed by atoms with E-state index in [1.54, 1.807) is 0 Å². The van der Waals surface area contributed by atoms with Gasteiger partial charge in [-0.15, -0.1) is 0 Å². The largest absolute Gasteiger partial charge is 0.294 e. The van der Waals surface area contributed by atoms with Gasteiger partial charge in [0.25, 0.3) is 0 Å². The van der Waals surface area contributed by atoms with Crippen molar-refractivity contribution in [2.24, 2.45) is 0 Å². The first-order valence-corrected chi connectivity index (χ1v) is 4.69. The van der Waals surface area contributed by atoms with Gasteiger partial charge >= 0.3 is 0 Å². The quantitative estimate of drug-likeness (QED) is 0.549.